The van der Waals surface area contributed by atoms with Crippen molar-refractivity contribution >= 4 is 39.0 Å². The van der Waals surface area contributed by atoms with Crippen LogP contribution >= 0.6 is 11.3 Å². The molecule has 2 aromatic heterocycles. The molecule has 0 atom stereocenters. The lowest BCUT2D eigenvalue weighted by Crippen LogP contribution is -2.03. The molecule has 5 nitrogen and oxygen atoms in total. The molecule has 2 N–H and O–H groups in total. The van der Waals surface area contributed by atoms with E-state index in [9.17, 15) is 9.90 Å². The van der Waals surface area contributed by atoms with E-state index in [-0.39, 0.29) is 5.56 Å². The number of rotatable bonds is 4. The molecule has 2 aromatic carbocycles. The van der Waals surface area contributed by atoms with Crippen molar-refractivity contribution in [1.82, 2.24) is 9.97 Å². The van der Waals surface area contributed by atoms with E-state index in [0.717, 1.165) is 20.7 Å². The van der Waals surface area contributed by atoms with E-state index in [0.29, 0.717) is 11.5 Å². The molecule has 0 unspecified atom stereocenters. The third-order valence-electron chi connectivity index (χ3n) is 3.80. The van der Waals surface area contributed by atoms with Crippen LogP contribution in [0.4, 0.5) is 11.5 Å². The molecule has 6 heteroatoms. The van der Waals surface area contributed by atoms with E-state index in [2.05, 4.69) is 15.3 Å². The van der Waals surface area contributed by atoms with Crippen molar-refractivity contribution in [2.24, 2.45) is 0 Å². The number of carboxylic acids is 1. The SMILES string of the molecule is O=C(O)c1ccccc1Nc1ncnc2sc(-c3ccccc3)cc12. The first-order valence-corrected chi connectivity index (χ1v) is 8.43. The predicted molar refractivity (Wildman–Crippen MR) is 99.5 cm³/mol. The first-order valence-electron chi connectivity index (χ1n) is 7.61. The standard InChI is InChI=1S/C19H13N3O2S/c23-19(24)13-8-4-5-9-15(13)22-17-14-10-16(12-6-2-1-3-7-12)25-18(14)21-11-20-17/h1-11H,(H,23,24)(H,20,21,22). The van der Waals surface area contributed by atoms with Gasteiger partial charge in [0.05, 0.1) is 16.6 Å². The number of fused-ring (bicyclic) bond motifs is 1. The normalized spacial score (nSPS) is 10.7. The maximum atomic E-state index is 11.4. The number of carboxylic acid groups (broad SMARTS) is 1. The predicted octanol–water partition coefficient (Wildman–Crippen LogP) is 4.80. The van der Waals surface area contributed by atoms with Crippen molar-refractivity contribution in [2.45, 2.75) is 0 Å². The zero-order valence-electron chi connectivity index (χ0n) is 13.0. The molecule has 4 rings (SSSR count). The smallest absolute Gasteiger partial charge is 0.337 e. The van der Waals surface area contributed by atoms with Gasteiger partial charge in [-0.15, -0.1) is 11.3 Å². The summed E-state index contributed by atoms with van der Waals surface area (Å²) >= 11 is 1.58. The average Bonchev–Trinajstić information content (AvgIpc) is 3.08. The summed E-state index contributed by atoms with van der Waals surface area (Å²) in [5.74, 6) is -0.388. The molecule has 4 aromatic rings. The fourth-order valence-corrected chi connectivity index (χ4v) is 3.61. The summed E-state index contributed by atoms with van der Waals surface area (Å²) in [6, 6.07) is 18.9. The zero-order chi connectivity index (χ0) is 17.2. The van der Waals surface area contributed by atoms with Crippen LogP contribution in [-0.2, 0) is 0 Å². The van der Waals surface area contributed by atoms with Crippen LogP contribution in [0.5, 0.6) is 0 Å². The van der Waals surface area contributed by atoms with Gasteiger partial charge >= 0.3 is 5.97 Å². The van der Waals surface area contributed by atoms with Gasteiger partial charge in [-0.3, -0.25) is 0 Å². The van der Waals surface area contributed by atoms with E-state index < -0.39 is 5.97 Å². The Morgan fingerprint density at radius 3 is 2.56 bits per heavy atom. The minimum atomic E-state index is -0.983. The second-order valence-electron chi connectivity index (χ2n) is 5.39. The highest BCUT2D eigenvalue weighted by Crippen LogP contribution is 2.35. The number of para-hydroxylation sites is 1. The minimum Gasteiger partial charge on any atom is -0.478 e. The molecule has 0 saturated carbocycles. The van der Waals surface area contributed by atoms with Crippen LogP contribution in [-0.4, -0.2) is 21.0 Å². The van der Waals surface area contributed by atoms with Crippen LogP contribution in [0, 0.1) is 0 Å². The Morgan fingerprint density at radius 2 is 1.76 bits per heavy atom. The molecule has 0 saturated heterocycles. The number of thiophene rings is 1. The van der Waals surface area contributed by atoms with Gasteiger partial charge in [-0.2, -0.15) is 0 Å². The monoisotopic (exact) mass is 347 g/mol. The van der Waals surface area contributed by atoms with Crippen LogP contribution in [0.3, 0.4) is 0 Å². The molecule has 2 heterocycles. The summed E-state index contributed by atoms with van der Waals surface area (Å²) in [5, 5.41) is 13.3. The third kappa shape index (κ3) is 2.95. The molecule has 25 heavy (non-hydrogen) atoms. The molecular formula is C19H13N3O2S. The highest BCUT2D eigenvalue weighted by molar-refractivity contribution is 7.21. The molecule has 0 amide bonds. The number of nitrogens with one attached hydrogen (secondary N) is 1. The van der Waals surface area contributed by atoms with Gasteiger partial charge in [0.1, 0.15) is 17.0 Å². The van der Waals surface area contributed by atoms with Gasteiger partial charge in [-0.1, -0.05) is 42.5 Å². The molecule has 0 fully saturated rings. The Kier molecular flexibility index (Phi) is 3.87. The molecule has 0 aliphatic rings. The van der Waals surface area contributed by atoms with Crippen molar-refractivity contribution in [1.29, 1.82) is 0 Å². The number of hydrogen-bond acceptors (Lipinski definition) is 5. The van der Waals surface area contributed by atoms with Gasteiger partial charge in [0.15, 0.2) is 0 Å². The lowest BCUT2D eigenvalue weighted by Gasteiger charge is -2.09. The Balaban J connectivity index is 1.79. The van der Waals surface area contributed by atoms with E-state index in [1.807, 2.05) is 36.4 Å². The van der Waals surface area contributed by atoms with E-state index in [1.165, 1.54) is 6.33 Å². The minimum absolute atomic E-state index is 0.202. The molecule has 0 bridgehead atoms. The largest absolute Gasteiger partial charge is 0.478 e. The first-order chi connectivity index (χ1) is 12.2. The van der Waals surface area contributed by atoms with Crippen LogP contribution in [0.15, 0.2) is 67.0 Å². The van der Waals surface area contributed by atoms with Crippen LogP contribution in [0.2, 0.25) is 0 Å². The average molecular weight is 347 g/mol. The molecule has 0 radical (unpaired) electrons. The first kappa shape index (κ1) is 15.3. The van der Waals surface area contributed by atoms with E-state index in [1.54, 1.807) is 35.6 Å². The van der Waals surface area contributed by atoms with Gasteiger partial charge in [0.25, 0.3) is 0 Å². The Bertz CT molecular complexity index is 1060. The fraction of sp³-hybridized carbons (Fsp3) is 0. The van der Waals surface area contributed by atoms with Gasteiger partial charge < -0.3 is 10.4 Å². The number of nitrogens with zero attached hydrogens (tertiary/aromatic N) is 2. The number of aromatic carboxylic acids is 1. The van der Waals surface area contributed by atoms with Gasteiger partial charge in [0, 0.05) is 4.88 Å². The third-order valence-corrected chi connectivity index (χ3v) is 4.89. The number of benzene rings is 2. The number of aromatic nitrogens is 2. The summed E-state index contributed by atoms with van der Waals surface area (Å²) in [6.45, 7) is 0. The van der Waals surface area contributed by atoms with Crippen molar-refractivity contribution in [2.75, 3.05) is 5.32 Å². The molecule has 0 aliphatic heterocycles. The fourth-order valence-electron chi connectivity index (χ4n) is 2.61. The summed E-state index contributed by atoms with van der Waals surface area (Å²) in [6.07, 6.45) is 1.49. The highest BCUT2D eigenvalue weighted by Gasteiger charge is 2.13. The topological polar surface area (TPSA) is 75.1 Å². The summed E-state index contributed by atoms with van der Waals surface area (Å²) in [7, 11) is 0. The maximum Gasteiger partial charge on any atom is 0.337 e. The van der Waals surface area contributed by atoms with E-state index in [4.69, 9.17) is 0 Å². The molecule has 122 valence electrons. The Hall–Kier alpha value is -3.25. The number of carbonyl (C=O) groups is 1. The van der Waals surface area contributed by atoms with Crippen LogP contribution in [0.1, 0.15) is 10.4 Å². The summed E-state index contributed by atoms with van der Waals surface area (Å²) in [5.41, 5.74) is 1.82. The lowest BCUT2D eigenvalue weighted by molar-refractivity contribution is 0.0698. The van der Waals surface area contributed by atoms with Gasteiger partial charge in [-0.25, -0.2) is 14.8 Å². The zero-order valence-corrected chi connectivity index (χ0v) is 13.8. The maximum absolute atomic E-state index is 11.4. The van der Waals surface area contributed by atoms with Crippen molar-refractivity contribution in [3.05, 3.63) is 72.6 Å². The Labute approximate surface area is 147 Å². The van der Waals surface area contributed by atoms with Crippen molar-refractivity contribution in [3.63, 3.8) is 0 Å². The second kappa shape index (κ2) is 6.33. The Morgan fingerprint density at radius 1 is 1.00 bits per heavy atom. The number of anilines is 2. The highest BCUT2D eigenvalue weighted by atomic mass is 32.1. The van der Waals surface area contributed by atoms with Crippen molar-refractivity contribution in [3.8, 4) is 10.4 Å². The second-order valence-corrected chi connectivity index (χ2v) is 6.42. The molecular weight excluding hydrogens is 334 g/mol. The summed E-state index contributed by atoms with van der Waals surface area (Å²) < 4.78 is 0. The lowest BCUT2D eigenvalue weighted by atomic mass is 10.1. The van der Waals surface area contributed by atoms with Gasteiger partial charge in [0.2, 0.25) is 0 Å². The number of hydrogen-bond donors (Lipinski definition) is 2. The summed E-state index contributed by atoms with van der Waals surface area (Å²) in [4.78, 5) is 22.0. The van der Waals surface area contributed by atoms with Crippen LogP contribution in [0.25, 0.3) is 20.7 Å². The van der Waals surface area contributed by atoms with Gasteiger partial charge in [-0.05, 0) is 23.8 Å². The van der Waals surface area contributed by atoms with Crippen LogP contribution < -0.4 is 5.32 Å². The van der Waals surface area contributed by atoms with E-state index >= 15 is 0 Å². The molecule has 0 spiro atoms. The molecule has 0 aliphatic carbocycles. The van der Waals surface area contributed by atoms with Crippen molar-refractivity contribution < 1.29 is 9.90 Å². The quantitative estimate of drug-likeness (QED) is 0.554.